The molecule has 90 valence electrons. The van der Waals surface area contributed by atoms with Crippen molar-refractivity contribution in [1.82, 2.24) is 0 Å². The Hall–Kier alpha value is 0.0969. The number of aliphatic hydroxyl groups is 1. The molecule has 0 amide bonds. The Bertz CT molecular complexity index is 210. The van der Waals surface area contributed by atoms with E-state index in [0.29, 0.717) is 6.61 Å². The summed E-state index contributed by atoms with van der Waals surface area (Å²) in [4.78, 5) is 0. The second-order valence-electron chi connectivity index (χ2n) is 5.87. The zero-order valence-corrected chi connectivity index (χ0v) is 11.5. The molecule has 15 heavy (non-hydrogen) atoms. The van der Waals surface area contributed by atoms with Crippen LogP contribution in [0.25, 0.3) is 0 Å². The summed E-state index contributed by atoms with van der Waals surface area (Å²) in [6, 6.07) is 0. The summed E-state index contributed by atoms with van der Waals surface area (Å²) in [5.74, 6) is 0. The Kier molecular flexibility index (Phi) is 3.98. The van der Waals surface area contributed by atoms with Crippen molar-refractivity contribution in [3.05, 3.63) is 0 Å². The van der Waals surface area contributed by atoms with Crippen molar-refractivity contribution in [3.8, 4) is 0 Å². The van der Waals surface area contributed by atoms with Crippen molar-refractivity contribution in [2.75, 3.05) is 13.2 Å². The molecule has 4 heteroatoms. The van der Waals surface area contributed by atoms with Gasteiger partial charge >= 0.3 is 0 Å². The lowest BCUT2D eigenvalue weighted by molar-refractivity contribution is 0.0524. The smallest absolute Gasteiger partial charge is 0.192 e. The first-order valence-electron chi connectivity index (χ1n) is 5.66. The third-order valence-corrected chi connectivity index (χ3v) is 8.05. The van der Waals surface area contributed by atoms with Gasteiger partial charge in [0.2, 0.25) is 0 Å². The molecule has 3 nitrogen and oxygen atoms in total. The molecule has 0 aromatic rings. The van der Waals surface area contributed by atoms with E-state index in [1.165, 1.54) is 0 Å². The third kappa shape index (κ3) is 3.28. The van der Waals surface area contributed by atoms with Crippen LogP contribution < -0.4 is 0 Å². The molecule has 2 atom stereocenters. The maximum atomic E-state index is 8.97. The minimum absolute atomic E-state index is 0.0141. The number of rotatable bonds is 3. The third-order valence-electron chi connectivity index (χ3n) is 3.51. The van der Waals surface area contributed by atoms with Crippen LogP contribution in [0, 0.1) is 0 Å². The monoisotopic (exact) mass is 232 g/mol. The molecular formula is C11H24O3Si. The maximum Gasteiger partial charge on any atom is 0.192 e. The Labute approximate surface area is 93.9 Å². The largest absolute Gasteiger partial charge is 0.411 e. The van der Waals surface area contributed by atoms with Crippen LogP contribution in [0.5, 0.6) is 0 Å². The fraction of sp³-hybridized carbons (Fsp3) is 1.00. The summed E-state index contributed by atoms with van der Waals surface area (Å²) in [6.45, 7) is 11.9. The van der Waals surface area contributed by atoms with Crippen molar-refractivity contribution in [2.24, 2.45) is 0 Å². The van der Waals surface area contributed by atoms with E-state index in [4.69, 9.17) is 14.3 Å². The van der Waals surface area contributed by atoms with Crippen molar-refractivity contribution in [3.63, 3.8) is 0 Å². The molecule has 1 aliphatic rings. The van der Waals surface area contributed by atoms with E-state index in [0.717, 1.165) is 6.42 Å². The van der Waals surface area contributed by atoms with Gasteiger partial charge in [-0.2, -0.15) is 0 Å². The fourth-order valence-electron chi connectivity index (χ4n) is 1.48. The van der Waals surface area contributed by atoms with Gasteiger partial charge in [-0.25, -0.2) is 0 Å². The van der Waals surface area contributed by atoms with E-state index in [9.17, 15) is 0 Å². The van der Waals surface area contributed by atoms with Crippen LogP contribution in [0.2, 0.25) is 18.1 Å². The molecule has 1 fully saturated rings. The molecule has 0 radical (unpaired) electrons. The van der Waals surface area contributed by atoms with E-state index in [1.807, 2.05) is 0 Å². The lowest BCUT2D eigenvalue weighted by Crippen LogP contribution is -2.44. The average Bonchev–Trinajstić information content (AvgIpc) is 2.49. The molecule has 1 heterocycles. The normalized spacial score (nSPS) is 28.4. The Morgan fingerprint density at radius 2 is 2.00 bits per heavy atom. The molecular weight excluding hydrogens is 208 g/mol. The number of hydrogen-bond donors (Lipinski definition) is 1. The summed E-state index contributed by atoms with van der Waals surface area (Å²) in [5, 5.41) is 9.21. The highest BCUT2D eigenvalue weighted by Crippen LogP contribution is 2.38. The molecule has 1 aliphatic heterocycles. The fourth-order valence-corrected chi connectivity index (χ4v) is 2.83. The zero-order chi connectivity index (χ0) is 11.7. The van der Waals surface area contributed by atoms with Crippen LogP contribution in [-0.4, -0.2) is 38.8 Å². The predicted molar refractivity (Wildman–Crippen MR) is 63.5 cm³/mol. The van der Waals surface area contributed by atoms with E-state index in [1.54, 1.807) is 0 Å². The van der Waals surface area contributed by atoms with Crippen LogP contribution in [0.4, 0.5) is 0 Å². The first-order valence-corrected chi connectivity index (χ1v) is 8.57. The van der Waals surface area contributed by atoms with Gasteiger partial charge in [-0.15, -0.1) is 0 Å². The van der Waals surface area contributed by atoms with Gasteiger partial charge in [-0.3, -0.25) is 0 Å². The molecule has 0 bridgehead atoms. The molecule has 0 aliphatic carbocycles. The molecule has 1 N–H and O–H groups in total. The van der Waals surface area contributed by atoms with Gasteiger partial charge in [0.25, 0.3) is 0 Å². The standard InChI is InChI=1S/C11H24O3Si/c1-11(2,3)15(4,5)14-10-6-9(7-12)13-8-10/h9-10,12H,6-8H2,1-5H3/t9-,10?/m0/s1. The van der Waals surface area contributed by atoms with Gasteiger partial charge in [-0.05, 0) is 18.1 Å². The summed E-state index contributed by atoms with van der Waals surface area (Å²) in [5.41, 5.74) is 0. The molecule has 0 spiro atoms. The first-order chi connectivity index (χ1) is 6.76. The molecule has 1 saturated heterocycles. The Morgan fingerprint density at radius 1 is 1.40 bits per heavy atom. The van der Waals surface area contributed by atoms with Crippen LogP contribution in [0.3, 0.4) is 0 Å². The van der Waals surface area contributed by atoms with Crippen LogP contribution >= 0.6 is 0 Å². The number of ether oxygens (including phenoxy) is 1. The van der Waals surface area contributed by atoms with Crippen molar-refractivity contribution in [2.45, 2.75) is 57.5 Å². The Balaban J connectivity index is 2.49. The maximum absolute atomic E-state index is 8.97. The minimum Gasteiger partial charge on any atom is -0.411 e. The molecule has 0 saturated carbocycles. The lowest BCUT2D eigenvalue weighted by atomic mass is 10.2. The highest BCUT2D eigenvalue weighted by molar-refractivity contribution is 6.74. The van der Waals surface area contributed by atoms with E-state index in [-0.39, 0.29) is 23.9 Å². The van der Waals surface area contributed by atoms with Crippen molar-refractivity contribution in [1.29, 1.82) is 0 Å². The summed E-state index contributed by atoms with van der Waals surface area (Å²) < 4.78 is 11.6. The van der Waals surface area contributed by atoms with Crippen molar-refractivity contribution >= 4 is 8.32 Å². The second kappa shape index (κ2) is 4.53. The zero-order valence-electron chi connectivity index (χ0n) is 10.5. The van der Waals surface area contributed by atoms with E-state index >= 15 is 0 Å². The average molecular weight is 232 g/mol. The highest BCUT2D eigenvalue weighted by Gasteiger charge is 2.40. The molecule has 0 aromatic carbocycles. The molecule has 1 unspecified atom stereocenters. The second-order valence-corrected chi connectivity index (χ2v) is 10.6. The summed E-state index contributed by atoms with van der Waals surface area (Å²) in [7, 11) is -1.67. The summed E-state index contributed by atoms with van der Waals surface area (Å²) in [6.07, 6.45) is 1.01. The lowest BCUT2D eigenvalue weighted by Gasteiger charge is -2.38. The highest BCUT2D eigenvalue weighted by atomic mass is 28.4. The predicted octanol–water partition coefficient (Wildman–Crippen LogP) is 2.16. The number of aliphatic hydroxyl groups excluding tert-OH is 1. The van der Waals surface area contributed by atoms with Crippen molar-refractivity contribution < 1.29 is 14.3 Å². The summed E-state index contributed by atoms with van der Waals surface area (Å²) >= 11 is 0. The first kappa shape index (κ1) is 13.2. The van der Waals surface area contributed by atoms with Crippen LogP contribution in [0.15, 0.2) is 0 Å². The number of hydrogen-bond acceptors (Lipinski definition) is 3. The minimum atomic E-state index is -1.67. The SMILES string of the molecule is CC(C)(C)[Si](C)(C)OC1CO[C@H](CO)C1. The Morgan fingerprint density at radius 3 is 2.40 bits per heavy atom. The van der Waals surface area contributed by atoms with Gasteiger partial charge in [0.05, 0.1) is 25.4 Å². The van der Waals surface area contributed by atoms with Gasteiger partial charge < -0.3 is 14.3 Å². The van der Waals surface area contributed by atoms with Crippen LogP contribution in [0.1, 0.15) is 27.2 Å². The molecule has 0 aromatic heterocycles. The van der Waals surface area contributed by atoms with E-state index < -0.39 is 8.32 Å². The molecule has 1 rings (SSSR count). The van der Waals surface area contributed by atoms with E-state index in [2.05, 4.69) is 33.9 Å². The van der Waals surface area contributed by atoms with Gasteiger partial charge in [0.1, 0.15) is 0 Å². The van der Waals surface area contributed by atoms with Gasteiger partial charge in [0.15, 0.2) is 8.32 Å². The van der Waals surface area contributed by atoms with Gasteiger partial charge in [-0.1, -0.05) is 20.8 Å². The van der Waals surface area contributed by atoms with Crippen LogP contribution in [-0.2, 0) is 9.16 Å². The quantitative estimate of drug-likeness (QED) is 0.758. The topological polar surface area (TPSA) is 38.7 Å². The van der Waals surface area contributed by atoms with Gasteiger partial charge in [0, 0.05) is 6.42 Å².